The number of aromatic nitrogens is 2. The number of nitrogens with two attached hydrogens (primary N) is 1. The first-order valence-electron chi connectivity index (χ1n) is 6.32. The number of hydrogen-bond acceptors (Lipinski definition) is 4. The van der Waals surface area contributed by atoms with Crippen molar-refractivity contribution in [2.24, 2.45) is 11.7 Å². The minimum Gasteiger partial charge on any atom is -0.490 e. The van der Waals surface area contributed by atoms with E-state index in [-0.39, 0.29) is 0 Å². The summed E-state index contributed by atoms with van der Waals surface area (Å²) in [5.74, 6) is 1.54. The molecule has 0 amide bonds. The summed E-state index contributed by atoms with van der Waals surface area (Å²) < 4.78 is 7.59. The molecular weight excluding hydrogens is 216 g/mol. The third-order valence-electron chi connectivity index (χ3n) is 3.29. The van der Waals surface area contributed by atoms with E-state index in [1.54, 1.807) is 6.20 Å². The van der Waals surface area contributed by atoms with Crippen LogP contribution in [0.5, 0.6) is 5.75 Å². The van der Waals surface area contributed by atoms with Crippen LogP contribution in [-0.2, 0) is 6.54 Å². The summed E-state index contributed by atoms with van der Waals surface area (Å²) in [4.78, 5) is 2.37. The van der Waals surface area contributed by atoms with E-state index in [1.165, 1.54) is 25.9 Å². The summed E-state index contributed by atoms with van der Waals surface area (Å²) in [6, 6.07) is 0. The monoisotopic (exact) mass is 238 g/mol. The molecular formula is C12H22N4O. The van der Waals surface area contributed by atoms with Crippen molar-refractivity contribution in [2.45, 2.75) is 19.4 Å². The summed E-state index contributed by atoms with van der Waals surface area (Å²) in [6.07, 6.45) is 6.15. The van der Waals surface area contributed by atoms with Crippen LogP contribution in [0, 0.1) is 5.92 Å². The predicted molar refractivity (Wildman–Crippen MR) is 67.0 cm³/mol. The summed E-state index contributed by atoms with van der Waals surface area (Å²) in [5.41, 5.74) is 5.47. The van der Waals surface area contributed by atoms with Gasteiger partial charge < -0.3 is 15.4 Å². The second-order valence-corrected chi connectivity index (χ2v) is 4.79. The molecule has 5 nitrogen and oxygen atoms in total. The Labute approximate surface area is 103 Å². The van der Waals surface area contributed by atoms with Crippen molar-refractivity contribution in [2.75, 3.05) is 33.3 Å². The standard InChI is InChI=1S/C12H22N4O/c1-15-5-2-11(3-6-15)10-17-12-8-14-16(9-12)7-4-13/h8-9,11H,2-7,10,13H2,1H3. The molecule has 2 N–H and O–H groups in total. The van der Waals surface area contributed by atoms with Gasteiger partial charge in [0.1, 0.15) is 0 Å². The minimum atomic E-state index is 0.607. The van der Waals surface area contributed by atoms with Gasteiger partial charge in [-0.1, -0.05) is 0 Å². The second-order valence-electron chi connectivity index (χ2n) is 4.79. The van der Waals surface area contributed by atoms with Gasteiger partial charge in [0.2, 0.25) is 0 Å². The van der Waals surface area contributed by atoms with Crippen molar-refractivity contribution < 1.29 is 4.74 Å². The molecule has 1 aliphatic rings. The fourth-order valence-electron chi connectivity index (χ4n) is 2.12. The largest absolute Gasteiger partial charge is 0.490 e. The summed E-state index contributed by atoms with van der Waals surface area (Å²) >= 11 is 0. The summed E-state index contributed by atoms with van der Waals surface area (Å²) in [6.45, 7) is 4.52. The van der Waals surface area contributed by atoms with Gasteiger partial charge in [-0.3, -0.25) is 4.68 Å². The summed E-state index contributed by atoms with van der Waals surface area (Å²) in [5, 5.41) is 4.19. The van der Waals surface area contributed by atoms with Crippen LogP contribution in [0.1, 0.15) is 12.8 Å². The van der Waals surface area contributed by atoms with Crippen LogP contribution in [0.2, 0.25) is 0 Å². The Hall–Kier alpha value is -1.07. The Bertz CT molecular complexity index is 331. The van der Waals surface area contributed by atoms with Crippen molar-refractivity contribution in [3.63, 3.8) is 0 Å². The molecule has 0 unspecified atom stereocenters. The highest BCUT2D eigenvalue weighted by atomic mass is 16.5. The Morgan fingerprint density at radius 1 is 1.47 bits per heavy atom. The maximum atomic E-state index is 5.77. The maximum absolute atomic E-state index is 5.77. The van der Waals surface area contributed by atoms with Gasteiger partial charge in [0.05, 0.1) is 25.5 Å². The average Bonchev–Trinajstić information content (AvgIpc) is 2.77. The summed E-state index contributed by atoms with van der Waals surface area (Å²) in [7, 11) is 2.17. The van der Waals surface area contributed by atoms with Gasteiger partial charge >= 0.3 is 0 Å². The third-order valence-corrected chi connectivity index (χ3v) is 3.29. The molecule has 5 heteroatoms. The molecule has 0 atom stereocenters. The van der Waals surface area contributed by atoms with E-state index in [1.807, 2.05) is 10.9 Å². The van der Waals surface area contributed by atoms with E-state index in [0.717, 1.165) is 18.9 Å². The average molecular weight is 238 g/mol. The van der Waals surface area contributed by atoms with E-state index >= 15 is 0 Å². The van der Waals surface area contributed by atoms with Crippen molar-refractivity contribution in [3.05, 3.63) is 12.4 Å². The molecule has 96 valence electrons. The van der Waals surface area contributed by atoms with Crippen molar-refractivity contribution in [1.82, 2.24) is 14.7 Å². The van der Waals surface area contributed by atoms with Crippen molar-refractivity contribution in [3.8, 4) is 5.75 Å². The Balaban J connectivity index is 1.73. The van der Waals surface area contributed by atoms with E-state index in [4.69, 9.17) is 10.5 Å². The number of hydrogen-bond donors (Lipinski definition) is 1. The van der Waals surface area contributed by atoms with Crippen molar-refractivity contribution >= 4 is 0 Å². The molecule has 1 aromatic heterocycles. The number of ether oxygens (including phenoxy) is 1. The topological polar surface area (TPSA) is 56.3 Å². The molecule has 17 heavy (non-hydrogen) atoms. The molecule has 1 fully saturated rings. The van der Waals surface area contributed by atoms with Gasteiger partial charge in [0.25, 0.3) is 0 Å². The fraction of sp³-hybridized carbons (Fsp3) is 0.750. The Morgan fingerprint density at radius 3 is 2.94 bits per heavy atom. The van der Waals surface area contributed by atoms with Crippen LogP contribution in [0.15, 0.2) is 12.4 Å². The van der Waals surface area contributed by atoms with Gasteiger partial charge in [-0.05, 0) is 38.9 Å². The molecule has 1 aromatic rings. The van der Waals surface area contributed by atoms with Crippen molar-refractivity contribution in [1.29, 1.82) is 0 Å². The molecule has 2 heterocycles. The quantitative estimate of drug-likeness (QED) is 0.814. The first-order chi connectivity index (χ1) is 8.28. The highest BCUT2D eigenvalue weighted by Crippen LogP contribution is 2.18. The van der Waals surface area contributed by atoms with E-state index < -0.39 is 0 Å². The lowest BCUT2D eigenvalue weighted by Crippen LogP contribution is -2.32. The first-order valence-corrected chi connectivity index (χ1v) is 6.32. The molecule has 0 radical (unpaired) electrons. The lowest BCUT2D eigenvalue weighted by molar-refractivity contribution is 0.160. The SMILES string of the molecule is CN1CCC(COc2cnn(CCN)c2)CC1. The van der Waals surface area contributed by atoms with Crippen LogP contribution in [0.4, 0.5) is 0 Å². The predicted octanol–water partition coefficient (Wildman–Crippen LogP) is 0.562. The van der Waals surface area contributed by atoms with E-state index in [0.29, 0.717) is 12.5 Å². The van der Waals surface area contributed by atoms with E-state index in [2.05, 4.69) is 17.0 Å². The highest BCUT2D eigenvalue weighted by Gasteiger charge is 2.17. The molecule has 0 saturated carbocycles. The Kier molecular flexibility index (Phi) is 4.39. The van der Waals surface area contributed by atoms with Crippen LogP contribution in [-0.4, -0.2) is 48.0 Å². The zero-order valence-corrected chi connectivity index (χ0v) is 10.5. The number of piperidine rings is 1. The van der Waals surface area contributed by atoms with Crippen LogP contribution < -0.4 is 10.5 Å². The fourth-order valence-corrected chi connectivity index (χ4v) is 2.12. The molecule has 1 saturated heterocycles. The molecule has 0 aliphatic carbocycles. The number of nitrogens with zero attached hydrogens (tertiary/aromatic N) is 3. The van der Waals surface area contributed by atoms with E-state index in [9.17, 15) is 0 Å². The van der Waals surface area contributed by atoms with Gasteiger partial charge in [0.15, 0.2) is 5.75 Å². The zero-order chi connectivity index (χ0) is 12.1. The smallest absolute Gasteiger partial charge is 0.157 e. The molecule has 0 bridgehead atoms. The Morgan fingerprint density at radius 2 is 2.24 bits per heavy atom. The molecule has 0 aromatic carbocycles. The lowest BCUT2D eigenvalue weighted by Gasteiger charge is -2.28. The molecule has 0 spiro atoms. The van der Waals surface area contributed by atoms with Crippen LogP contribution in [0.25, 0.3) is 0 Å². The first kappa shape index (κ1) is 12.4. The maximum Gasteiger partial charge on any atom is 0.157 e. The van der Waals surface area contributed by atoms with Gasteiger partial charge in [-0.25, -0.2) is 0 Å². The van der Waals surface area contributed by atoms with Gasteiger partial charge in [0, 0.05) is 6.54 Å². The highest BCUT2D eigenvalue weighted by molar-refractivity contribution is 5.11. The molecule has 1 aliphatic heterocycles. The van der Waals surface area contributed by atoms with Gasteiger partial charge in [-0.2, -0.15) is 5.10 Å². The number of rotatable bonds is 5. The van der Waals surface area contributed by atoms with Crippen LogP contribution in [0.3, 0.4) is 0 Å². The van der Waals surface area contributed by atoms with Crippen LogP contribution >= 0.6 is 0 Å². The third kappa shape index (κ3) is 3.71. The molecule has 2 rings (SSSR count). The minimum absolute atomic E-state index is 0.607. The second kappa shape index (κ2) is 6.02. The lowest BCUT2D eigenvalue weighted by atomic mass is 9.98. The van der Waals surface area contributed by atoms with Gasteiger partial charge in [-0.15, -0.1) is 0 Å². The number of likely N-dealkylation sites (tertiary alicyclic amines) is 1. The normalized spacial score (nSPS) is 18.5. The zero-order valence-electron chi connectivity index (χ0n) is 10.5.